The molecule has 0 saturated heterocycles. The van der Waals surface area contributed by atoms with Gasteiger partial charge >= 0.3 is 0 Å². The molecule has 0 unspecified atom stereocenters. The van der Waals surface area contributed by atoms with Gasteiger partial charge in [-0.3, -0.25) is 4.79 Å². The topological polar surface area (TPSA) is 73.6 Å². The van der Waals surface area contributed by atoms with Crippen LogP contribution in [0.4, 0.5) is 11.4 Å². The number of halogens is 2. The van der Waals surface area contributed by atoms with Crippen LogP contribution in [0.1, 0.15) is 5.56 Å². The first-order valence-electron chi connectivity index (χ1n) is 7.39. The number of rotatable bonds is 7. The SMILES string of the molecule is C=CCc1ccc(OCC(=O)Nc2cc(Cl)c(N)c(Cl)c2)c(OC)c1. The minimum atomic E-state index is -0.367. The second-order valence-corrected chi connectivity index (χ2v) is 5.98. The molecule has 132 valence electrons. The van der Waals surface area contributed by atoms with E-state index >= 15 is 0 Å². The van der Waals surface area contributed by atoms with E-state index in [1.165, 1.54) is 12.1 Å². The molecule has 1 amide bonds. The quantitative estimate of drug-likeness (QED) is 0.553. The fourth-order valence-electron chi connectivity index (χ4n) is 2.12. The predicted molar refractivity (Wildman–Crippen MR) is 102 cm³/mol. The first kappa shape index (κ1) is 19.0. The summed E-state index contributed by atoms with van der Waals surface area (Å²) in [6, 6.07) is 8.52. The molecule has 0 fully saturated rings. The molecule has 0 aromatic heterocycles. The van der Waals surface area contributed by atoms with Crippen LogP contribution in [0.25, 0.3) is 0 Å². The summed E-state index contributed by atoms with van der Waals surface area (Å²) in [5.41, 5.74) is 7.40. The zero-order valence-corrected chi connectivity index (χ0v) is 15.2. The summed E-state index contributed by atoms with van der Waals surface area (Å²) < 4.78 is 10.8. The zero-order chi connectivity index (χ0) is 18.4. The summed E-state index contributed by atoms with van der Waals surface area (Å²) in [5.74, 6) is 0.652. The number of nitrogens with one attached hydrogen (secondary N) is 1. The maximum Gasteiger partial charge on any atom is 0.262 e. The van der Waals surface area contributed by atoms with E-state index in [4.69, 9.17) is 38.4 Å². The van der Waals surface area contributed by atoms with Crippen molar-refractivity contribution in [1.29, 1.82) is 0 Å². The number of anilines is 2. The Labute approximate surface area is 156 Å². The molecule has 2 aromatic rings. The van der Waals surface area contributed by atoms with Crippen molar-refractivity contribution in [3.8, 4) is 11.5 Å². The van der Waals surface area contributed by atoms with Crippen molar-refractivity contribution in [2.45, 2.75) is 6.42 Å². The molecule has 2 aromatic carbocycles. The number of amides is 1. The smallest absolute Gasteiger partial charge is 0.262 e. The molecule has 5 nitrogen and oxygen atoms in total. The van der Waals surface area contributed by atoms with Crippen LogP contribution in [0.2, 0.25) is 10.0 Å². The molecule has 0 aliphatic rings. The van der Waals surface area contributed by atoms with Gasteiger partial charge < -0.3 is 20.5 Å². The van der Waals surface area contributed by atoms with Crippen LogP contribution in [0, 0.1) is 0 Å². The van der Waals surface area contributed by atoms with Gasteiger partial charge in [0, 0.05) is 5.69 Å². The predicted octanol–water partition coefficient (Wildman–Crippen LogP) is 4.33. The molecule has 2 rings (SSSR count). The summed E-state index contributed by atoms with van der Waals surface area (Å²) in [7, 11) is 1.54. The highest BCUT2D eigenvalue weighted by atomic mass is 35.5. The monoisotopic (exact) mass is 380 g/mol. The number of benzene rings is 2. The Kier molecular flexibility index (Phi) is 6.56. The lowest BCUT2D eigenvalue weighted by Gasteiger charge is -2.12. The third-order valence-corrected chi connectivity index (χ3v) is 3.96. The van der Waals surface area contributed by atoms with Crippen LogP contribution in [-0.4, -0.2) is 19.6 Å². The van der Waals surface area contributed by atoms with Crippen LogP contribution in [-0.2, 0) is 11.2 Å². The Hall–Kier alpha value is -2.37. The lowest BCUT2D eigenvalue weighted by molar-refractivity contribution is -0.118. The van der Waals surface area contributed by atoms with Gasteiger partial charge in [-0.25, -0.2) is 0 Å². The number of hydrogen-bond donors (Lipinski definition) is 2. The average molecular weight is 381 g/mol. The summed E-state index contributed by atoms with van der Waals surface area (Å²) in [5, 5.41) is 3.18. The van der Waals surface area contributed by atoms with E-state index in [1.807, 2.05) is 12.1 Å². The lowest BCUT2D eigenvalue weighted by Crippen LogP contribution is -2.20. The first-order valence-corrected chi connectivity index (χ1v) is 8.15. The van der Waals surface area contributed by atoms with E-state index in [-0.39, 0.29) is 28.2 Å². The Morgan fingerprint density at radius 2 is 1.92 bits per heavy atom. The van der Waals surface area contributed by atoms with E-state index < -0.39 is 0 Å². The number of nitrogen functional groups attached to an aromatic ring is 1. The molecule has 0 spiro atoms. The van der Waals surface area contributed by atoms with Gasteiger partial charge in [-0.15, -0.1) is 6.58 Å². The summed E-state index contributed by atoms with van der Waals surface area (Å²) in [6.07, 6.45) is 2.52. The number of methoxy groups -OCH3 is 1. The van der Waals surface area contributed by atoms with Crippen molar-refractivity contribution < 1.29 is 14.3 Å². The molecule has 3 N–H and O–H groups in total. The van der Waals surface area contributed by atoms with Crippen molar-refractivity contribution in [1.82, 2.24) is 0 Å². The van der Waals surface area contributed by atoms with E-state index in [0.717, 1.165) is 12.0 Å². The van der Waals surface area contributed by atoms with Crippen LogP contribution >= 0.6 is 23.2 Å². The standard InChI is InChI=1S/C18H18Cl2N2O3/c1-3-4-11-5-6-15(16(7-11)24-2)25-10-17(23)22-12-8-13(19)18(21)14(20)9-12/h3,5-9H,1,4,10,21H2,2H3,(H,22,23). The molecule has 0 saturated carbocycles. The van der Waals surface area contributed by atoms with E-state index in [0.29, 0.717) is 17.2 Å². The van der Waals surface area contributed by atoms with Gasteiger partial charge in [0.25, 0.3) is 5.91 Å². The number of ether oxygens (including phenoxy) is 2. The molecular formula is C18H18Cl2N2O3. The van der Waals surface area contributed by atoms with Crippen LogP contribution in [0.5, 0.6) is 11.5 Å². The van der Waals surface area contributed by atoms with Crippen LogP contribution in [0.15, 0.2) is 43.0 Å². The lowest BCUT2D eigenvalue weighted by atomic mass is 10.1. The Morgan fingerprint density at radius 3 is 2.52 bits per heavy atom. The maximum atomic E-state index is 12.1. The first-order chi connectivity index (χ1) is 11.9. The zero-order valence-electron chi connectivity index (χ0n) is 13.6. The number of carbonyl (C=O) groups excluding carboxylic acids is 1. The third-order valence-electron chi connectivity index (χ3n) is 3.33. The maximum absolute atomic E-state index is 12.1. The molecule has 0 aliphatic carbocycles. The van der Waals surface area contributed by atoms with Crippen molar-refractivity contribution in [3.05, 3.63) is 58.6 Å². The number of nitrogens with two attached hydrogens (primary N) is 1. The number of carbonyl (C=O) groups is 1. The molecule has 0 heterocycles. The van der Waals surface area contributed by atoms with Gasteiger partial charge in [0.15, 0.2) is 18.1 Å². The molecule has 0 bridgehead atoms. The van der Waals surface area contributed by atoms with Crippen molar-refractivity contribution in [2.24, 2.45) is 0 Å². The van der Waals surface area contributed by atoms with E-state index in [1.54, 1.807) is 19.3 Å². The summed E-state index contributed by atoms with van der Waals surface area (Å²) in [4.78, 5) is 12.1. The average Bonchev–Trinajstić information content (AvgIpc) is 2.58. The minimum absolute atomic E-state index is 0.198. The molecule has 0 radical (unpaired) electrons. The fourth-order valence-corrected chi connectivity index (χ4v) is 2.61. The Morgan fingerprint density at radius 1 is 1.24 bits per heavy atom. The largest absolute Gasteiger partial charge is 0.493 e. The highest BCUT2D eigenvalue weighted by Crippen LogP contribution is 2.31. The molecule has 25 heavy (non-hydrogen) atoms. The second kappa shape index (κ2) is 8.65. The van der Waals surface area contributed by atoms with Crippen molar-refractivity contribution in [3.63, 3.8) is 0 Å². The van der Waals surface area contributed by atoms with Crippen molar-refractivity contribution >= 4 is 40.5 Å². The molecule has 7 heteroatoms. The third kappa shape index (κ3) is 5.05. The van der Waals surface area contributed by atoms with Gasteiger partial charge in [-0.05, 0) is 36.2 Å². The second-order valence-electron chi connectivity index (χ2n) is 5.17. The minimum Gasteiger partial charge on any atom is -0.493 e. The van der Waals surface area contributed by atoms with Crippen molar-refractivity contribution in [2.75, 3.05) is 24.8 Å². The molecule has 0 atom stereocenters. The van der Waals surface area contributed by atoms with E-state index in [2.05, 4.69) is 11.9 Å². The highest BCUT2D eigenvalue weighted by Gasteiger charge is 2.11. The van der Waals surface area contributed by atoms with E-state index in [9.17, 15) is 4.79 Å². The van der Waals surface area contributed by atoms with Gasteiger partial charge in [0.2, 0.25) is 0 Å². The normalized spacial score (nSPS) is 10.2. The number of allylic oxidation sites excluding steroid dienone is 1. The van der Waals surface area contributed by atoms with Gasteiger partial charge in [0.1, 0.15) is 0 Å². The number of hydrogen-bond acceptors (Lipinski definition) is 4. The fraction of sp³-hybridized carbons (Fsp3) is 0.167. The highest BCUT2D eigenvalue weighted by molar-refractivity contribution is 6.39. The Bertz CT molecular complexity index is 771. The summed E-state index contributed by atoms with van der Waals surface area (Å²) in [6.45, 7) is 3.50. The van der Waals surface area contributed by atoms with Crippen LogP contribution < -0.4 is 20.5 Å². The summed E-state index contributed by atoms with van der Waals surface area (Å²) >= 11 is 11.9. The van der Waals surface area contributed by atoms with Gasteiger partial charge in [-0.1, -0.05) is 35.3 Å². The molecule has 0 aliphatic heterocycles. The Balaban J connectivity index is 2.01. The van der Waals surface area contributed by atoms with Crippen LogP contribution in [0.3, 0.4) is 0 Å². The van der Waals surface area contributed by atoms with Gasteiger partial charge in [0.05, 0.1) is 22.8 Å². The molecular weight excluding hydrogens is 363 g/mol. The van der Waals surface area contributed by atoms with Gasteiger partial charge in [-0.2, -0.15) is 0 Å².